The highest BCUT2D eigenvalue weighted by Gasteiger charge is 2.07. The summed E-state index contributed by atoms with van der Waals surface area (Å²) in [6.45, 7) is 3.57. The van der Waals surface area contributed by atoms with Crippen molar-refractivity contribution in [2.45, 2.75) is 6.42 Å². The van der Waals surface area contributed by atoms with Crippen LogP contribution < -0.4 is 0 Å². The van der Waals surface area contributed by atoms with Crippen LogP contribution in [0.1, 0.15) is 5.56 Å². The van der Waals surface area contributed by atoms with Gasteiger partial charge in [-0.15, -0.1) is 6.58 Å². The minimum Gasteiger partial charge on any atom is -0.506 e. The molecule has 1 aromatic rings. The van der Waals surface area contributed by atoms with Crippen LogP contribution in [0.2, 0.25) is 10.0 Å². The Kier molecular flexibility index (Phi) is 3.01. The second-order valence-corrected chi connectivity index (χ2v) is 3.14. The third-order valence-corrected chi connectivity index (χ3v) is 2.29. The molecule has 1 nitrogen and oxygen atoms in total. The van der Waals surface area contributed by atoms with E-state index in [1.807, 2.05) is 0 Å². The monoisotopic (exact) mass is 202 g/mol. The molecule has 0 aromatic heterocycles. The lowest BCUT2D eigenvalue weighted by atomic mass is 10.1. The second kappa shape index (κ2) is 3.83. The number of benzene rings is 1. The van der Waals surface area contributed by atoms with E-state index in [9.17, 15) is 5.11 Å². The van der Waals surface area contributed by atoms with Crippen LogP contribution in [-0.2, 0) is 6.42 Å². The van der Waals surface area contributed by atoms with Crippen molar-refractivity contribution >= 4 is 23.2 Å². The highest BCUT2D eigenvalue weighted by Crippen LogP contribution is 2.32. The fraction of sp³-hybridized carbons (Fsp3) is 0.111. The number of hydrogen-bond donors (Lipinski definition) is 1. The predicted molar refractivity (Wildman–Crippen MR) is 52.0 cm³/mol. The quantitative estimate of drug-likeness (QED) is 0.730. The number of rotatable bonds is 2. The zero-order valence-corrected chi connectivity index (χ0v) is 7.86. The highest BCUT2D eigenvalue weighted by molar-refractivity contribution is 6.36. The Labute approximate surface area is 81.2 Å². The van der Waals surface area contributed by atoms with Crippen molar-refractivity contribution in [3.63, 3.8) is 0 Å². The number of allylic oxidation sites excluding steroid dienone is 1. The van der Waals surface area contributed by atoms with Gasteiger partial charge in [-0.2, -0.15) is 0 Å². The van der Waals surface area contributed by atoms with E-state index in [1.54, 1.807) is 12.1 Å². The van der Waals surface area contributed by atoms with Gasteiger partial charge in [0.2, 0.25) is 0 Å². The smallest absolute Gasteiger partial charge is 0.134 e. The van der Waals surface area contributed by atoms with Crippen molar-refractivity contribution in [2.75, 3.05) is 0 Å². The van der Waals surface area contributed by atoms with Crippen molar-refractivity contribution in [1.29, 1.82) is 0 Å². The molecule has 0 radical (unpaired) electrons. The second-order valence-electron chi connectivity index (χ2n) is 2.35. The molecule has 0 spiro atoms. The summed E-state index contributed by atoms with van der Waals surface area (Å²) in [6.07, 6.45) is 2.25. The Balaban J connectivity index is 3.22. The van der Waals surface area contributed by atoms with Crippen LogP contribution in [0.15, 0.2) is 24.8 Å². The molecule has 0 unspecified atom stereocenters. The maximum atomic E-state index is 9.23. The SMILES string of the molecule is C=CCc1c(Cl)ccc(O)c1Cl. The summed E-state index contributed by atoms with van der Waals surface area (Å²) in [5.41, 5.74) is 0.716. The van der Waals surface area contributed by atoms with Crippen LogP contribution in [0.5, 0.6) is 5.75 Å². The minimum atomic E-state index is 0.0536. The summed E-state index contributed by atoms with van der Waals surface area (Å²) in [6, 6.07) is 3.08. The topological polar surface area (TPSA) is 20.2 Å². The largest absolute Gasteiger partial charge is 0.506 e. The normalized spacial score (nSPS) is 9.83. The molecule has 0 saturated heterocycles. The summed E-state index contributed by atoms with van der Waals surface area (Å²) >= 11 is 11.6. The average Bonchev–Trinajstić information content (AvgIpc) is 2.06. The maximum absolute atomic E-state index is 9.23. The van der Waals surface area contributed by atoms with E-state index in [2.05, 4.69) is 6.58 Å². The summed E-state index contributed by atoms with van der Waals surface area (Å²) in [7, 11) is 0. The van der Waals surface area contributed by atoms with Crippen LogP contribution in [0.25, 0.3) is 0 Å². The van der Waals surface area contributed by atoms with E-state index in [1.165, 1.54) is 6.07 Å². The molecule has 0 saturated carbocycles. The van der Waals surface area contributed by atoms with Crippen molar-refractivity contribution in [1.82, 2.24) is 0 Å². The summed E-state index contributed by atoms with van der Waals surface area (Å²) in [5, 5.41) is 10.1. The van der Waals surface area contributed by atoms with E-state index >= 15 is 0 Å². The summed E-state index contributed by atoms with van der Waals surface area (Å²) < 4.78 is 0. The average molecular weight is 203 g/mol. The van der Waals surface area contributed by atoms with Gasteiger partial charge >= 0.3 is 0 Å². The maximum Gasteiger partial charge on any atom is 0.134 e. The molecule has 1 rings (SSSR count). The zero-order chi connectivity index (χ0) is 9.14. The first kappa shape index (κ1) is 9.43. The number of phenolic OH excluding ortho intramolecular Hbond substituents is 1. The lowest BCUT2D eigenvalue weighted by molar-refractivity contribution is 0.475. The van der Waals surface area contributed by atoms with Gasteiger partial charge in [0.25, 0.3) is 0 Å². The van der Waals surface area contributed by atoms with E-state index < -0.39 is 0 Å². The molecule has 1 aromatic carbocycles. The van der Waals surface area contributed by atoms with Gasteiger partial charge in [0.15, 0.2) is 0 Å². The molecule has 0 amide bonds. The molecule has 64 valence electrons. The lowest BCUT2D eigenvalue weighted by Gasteiger charge is -2.05. The van der Waals surface area contributed by atoms with Gasteiger partial charge in [0.1, 0.15) is 5.75 Å². The van der Waals surface area contributed by atoms with E-state index in [-0.39, 0.29) is 5.75 Å². The molecule has 0 fully saturated rings. The first-order chi connectivity index (χ1) is 5.66. The minimum absolute atomic E-state index is 0.0536. The molecule has 12 heavy (non-hydrogen) atoms. The molecule has 0 bridgehead atoms. The van der Waals surface area contributed by atoms with Crippen LogP contribution in [0.3, 0.4) is 0 Å². The molecule has 0 heterocycles. The summed E-state index contributed by atoms with van der Waals surface area (Å²) in [4.78, 5) is 0. The van der Waals surface area contributed by atoms with Gasteiger partial charge < -0.3 is 5.11 Å². The Morgan fingerprint density at radius 1 is 1.42 bits per heavy atom. The predicted octanol–water partition coefficient (Wildman–Crippen LogP) is 3.43. The van der Waals surface area contributed by atoms with Crippen LogP contribution in [0.4, 0.5) is 0 Å². The molecular weight excluding hydrogens is 195 g/mol. The van der Waals surface area contributed by atoms with E-state index in [0.717, 1.165) is 0 Å². The van der Waals surface area contributed by atoms with Gasteiger partial charge in [-0.3, -0.25) is 0 Å². The number of aromatic hydroxyl groups is 1. The van der Waals surface area contributed by atoms with Gasteiger partial charge in [-0.1, -0.05) is 29.3 Å². The Hall–Kier alpha value is -0.660. The first-order valence-electron chi connectivity index (χ1n) is 3.43. The number of phenols is 1. The van der Waals surface area contributed by atoms with Crippen molar-refractivity contribution in [3.8, 4) is 5.75 Å². The first-order valence-corrected chi connectivity index (χ1v) is 4.19. The standard InChI is InChI=1S/C9H8Cl2O/c1-2-3-6-7(10)4-5-8(12)9(6)11/h2,4-5,12H,1,3H2. The molecule has 0 atom stereocenters. The number of hydrogen-bond acceptors (Lipinski definition) is 1. The van der Waals surface area contributed by atoms with Crippen LogP contribution in [-0.4, -0.2) is 5.11 Å². The molecule has 0 aliphatic carbocycles. The zero-order valence-electron chi connectivity index (χ0n) is 6.35. The Morgan fingerprint density at radius 2 is 2.08 bits per heavy atom. The number of halogens is 2. The fourth-order valence-corrected chi connectivity index (χ4v) is 1.44. The molecule has 0 aliphatic heterocycles. The van der Waals surface area contributed by atoms with E-state index in [4.69, 9.17) is 23.2 Å². The van der Waals surface area contributed by atoms with Gasteiger partial charge in [0, 0.05) is 5.02 Å². The van der Waals surface area contributed by atoms with Gasteiger partial charge in [-0.05, 0) is 24.1 Å². The molecule has 3 heteroatoms. The van der Waals surface area contributed by atoms with Gasteiger partial charge in [-0.25, -0.2) is 0 Å². The van der Waals surface area contributed by atoms with Crippen LogP contribution >= 0.6 is 23.2 Å². The lowest BCUT2D eigenvalue weighted by Crippen LogP contribution is -1.85. The summed E-state index contributed by atoms with van der Waals surface area (Å²) in [5.74, 6) is 0.0536. The third kappa shape index (κ3) is 1.74. The van der Waals surface area contributed by atoms with Gasteiger partial charge in [0.05, 0.1) is 5.02 Å². The van der Waals surface area contributed by atoms with Crippen molar-refractivity contribution in [2.24, 2.45) is 0 Å². The van der Waals surface area contributed by atoms with Crippen molar-refractivity contribution in [3.05, 3.63) is 40.4 Å². The van der Waals surface area contributed by atoms with Crippen molar-refractivity contribution < 1.29 is 5.11 Å². The molecule has 1 N–H and O–H groups in total. The highest BCUT2D eigenvalue weighted by atomic mass is 35.5. The van der Waals surface area contributed by atoms with Crippen LogP contribution in [0, 0.1) is 0 Å². The Morgan fingerprint density at radius 3 is 2.67 bits per heavy atom. The van der Waals surface area contributed by atoms with E-state index in [0.29, 0.717) is 22.0 Å². The third-order valence-electron chi connectivity index (χ3n) is 1.51. The fourth-order valence-electron chi connectivity index (χ4n) is 0.917. The molecular formula is C9H8Cl2O. The Bertz CT molecular complexity index is 308. The molecule has 0 aliphatic rings.